The van der Waals surface area contributed by atoms with Gasteiger partial charge in [-0.25, -0.2) is 9.67 Å². The largest absolute Gasteiger partial charge is 0.383 e. The van der Waals surface area contributed by atoms with Crippen LogP contribution in [-0.4, -0.2) is 31.4 Å². The normalized spacial score (nSPS) is 10.7. The number of carbonyl (C=O) groups is 1. The topological polar surface area (TPSA) is 119 Å². The molecule has 30 heavy (non-hydrogen) atoms. The molecule has 4 aromatic rings. The molecule has 9 heteroatoms. The number of amides is 1. The Bertz CT molecular complexity index is 1220. The first-order valence-corrected chi connectivity index (χ1v) is 10.1. The Morgan fingerprint density at radius 2 is 1.77 bits per heavy atom. The Balaban J connectivity index is 1.57. The monoisotopic (exact) mass is 418 g/mol. The van der Waals surface area contributed by atoms with Crippen LogP contribution in [0.15, 0.2) is 82.7 Å². The zero-order valence-electron chi connectivity index (χ0n) is 15.8. The summed E-state index contributed by atoms with van der Waals surface area (Å²) in [5, 5.41) is 7.84. The van der Waals surface area contributed by atoms with Crippen LogP contribution in [0.1, 0.15) is 0 Å². The lowest BCUT2D eigenvalue weighted by Gasteiger charge is -2.08. The number of hydrogen-bond acceptors (Lipinski definition) is 6. The molecule has 4 rings (SSSR count). The first-order chi connectivity index (χ1) is 14.6. The van der Waals surface area contributed by atoms with Crippen LogP contribution in [-0.2, 0) is 4.79 Å². The number of nitrogens with zero attached hydrogens (tertiary/aromatic N) is 3. The maximum atomic E-state index is 12.6. The van der Waals surface area contributed by atoms with E-state index in [0.717, 1.165) is 28.7 Å². The molecule has 0 aliphatic carbocycles. The molecule has 0 spiro atoms. The lowest BCUT2D eigenvalue weighted by molar-refractivity contribution is -0.113. The molecule has 150 valence electrons. The summed E-state index contributed by atoms with van der Waals surface area (Å²) < 4.78 is 1.69. The van der Waals surface area contributed by atoms with Gasteiger partial charge in [0.2, 0.25) is 5.91 Å². The van der Waals surface area contributed by atoms with Crippen LogP contribution >= 0.6 is 11.8 Å². The van der Waals surface area contributed by atoms with Gasteiger partial charge in [0.1, 0.15) is 11.6 Å². The first kappa shape index (κ1) is 19.5. The van der Waals surface area contributed by atoms with Crippen molar-refractivity contribution in [2.24, 2.45) is 0 Å². The molecule has 0 aliphatic rings. The smallest absolute Gasteiger partial charge is 0.253 e. The number of thioether (sulfide) groups is 1. The molecule has 4 N–H and O–H groups in total. The number of carbonyl (C=O) groups excluding carboxylic acids is 1. The highest BCUT2D eigenvalue weighted by Crippen LogP contribution is 2.25. The number of benzene rings is 2. The van der Waals surface area contributed by atoms with Gasteiger partial charge in [0.25, 0.3) is 5.56 Å². The number of H-pyrrole nitrogens is 1. The summed E-state index contributed by atoms with van der Waals surface area (Å²) in [7, 11) is 0. The Hall–Kier alpha value is -3.85. The van der Waals surface area contributed by atoms with E-state index in [1.807, 2.05) is 66.7 Å². The summed E-state index contributed by atoms with van der Waals surface area (Å²) in [6.07, 6.45) is 0. The number of rotatable bonds is 6. The van der Waals surface area contributed by atoms with Crippen molar-refractivity contribution < 1.29 is 4.79 Å². The summed E-state index contributed by atoms with van der Waals surface area (Å²) in [6, 6.07) is 22.3. The fourth-order valence-corrected chi connectivity index (χ4v) is 3.50. The van der Waals surface area contributed by atoms with Gasteiger partial charge in [-0.3, -0.25) is 9.59 Å². The van der Waals surface area contributed by atoms with Gasteiger partial charge in [-0.2, -0.15) is 5.10 Å². The molecule has 0 unspecified atom stereocenters. The highest BCUT2D eigenvalue weighted by molar-refractivity contribution is 7.99. The second-order valence-electron chi connectivity index (χ2n) is 6.34. The Kier molecular flexibility index (Phi) is 5.62. The van der Waals surface area contributed by atoms with Crippen molar-refractivity contribution in [3.05, 3.63) is 83.2 Å². The third kappa shape index (κ3) is 4.58. The van der Waals surface area contributed by atoms with E-state index in [2.05, 4.69) is 20.4 Å². The van der Waals surface area contributed by atoms with Gasteiger partial charge in [0, 0.05) is 17.7 Å². The van der Waals surface area contributed by atoms with Gasteiger partial charge in [0.15, 0.2) is 5.16 Å². The molecule has 2 aromatic heterocycles. The van der Waals surface area contributed by atoms with Crippen molar-refractivity contribution in [2.45, 2.75) is 5.16 Å². The fraction of sp³-hybridized carbons (Fsp3) is 0.0476. The molecule has 1 amide bonds. The second-order valence-corrected chi connectivity index (χ2v) is 7.30. The van der Waals surface area contributed by atoms with Crippen LogP contribution in [0, 0.1) is 0 Å². The van der Waals surface area contributed by atoms with Gasteiger partial charge in [-0.05, 0) is 12.1 Å². The maximum Gasteiger partial charge on any atom is 0.253 e. The average Bonchev–Trinajstić information content (AvgIpc) is 3.17. The van der Waals surface area contributed by atoms with Crippen molar-refractivity contribution in [3.8, 4) is 16.9 Å². The van der Waals surface area contributed by atoms with E-state index in [0.29, 0.717) is 5.82 Å². The van der Waals surface area contributed by atoms with E-state index in [-0.39, 0.29) is 28.2 Å². The van der Waals surface area contributed by atoms with E-state index < -0.39 is 0 Å². The molecule has 0 bridgehead atoms. The summed E-state index contributed by atoms with van der Waals surface area (Å²) in [5.74, 6) is 0.435. The van der Waals surface area contributed by atoms with E-state index >= 15 is 0 Å². The maximum absolute atomic E-state index is 12.6. The molecular weight excluding hydrogens is 400 g/mol. The van der Waals surface area contributed by atoms with Gasteiger partial charge in [-0.15, -0.1) is 0 Å². The van der Waals surface area contributed by atoms with E-state index in [4.69, 9.17) is 5.73 Å². The Labute approximate surface area is 176 Å². The SMILES string of the molecule is Nc1cc(=O)[nH]c(SCC(=O)Nc2cc(-c3ccccc3)nn2-c2ccccc2)n1. The number of nitrogens with one attached hydrogen (secondary N) is 2. The van der Waals surface area contributed by atoms with Gasteiger partial charge < -0.3 is 16.0 Å². The number of aromatic nitrogens is 4. The standard InChI is InChI=1S/C21H18N6O2S/c22-17-12-19(28)25-21(23-17)30-13-20(29)24-18-11-16(14-7-3-1-4-8-14)26-27(18)15-9-5-2-6-10-15/h1-12H,13H2,(H,24,29)(H3,22,23,25,28). The van der Waals surface area contributed by atoms with Crippen molar-refractivity contribution in [1.82, 2.24) is 19.7 Å². The number of hydrogen-bond donors (Lipinski definition) is 3. The summed E-state index contributed by atoms with van der Waals surface area (Å²) in [5.41, 5.74) is 7.72. The average molecular weight is 418 g/mol. The highest BCUT2D eigenvalue weighted by Gasteiger charge is 2.14. The molecular formula is C21H18N6O2S. The molecule has 0 fully saturated rings. The van der Waals surface area contributed by atoms with E-state index in [1.54, 1.807) is 4.68 Å². The Morgan fingerprint density at radius 3 is 2.47 bits per heavy atom. The minimum atomic E-state index is -0.361. The van der Waals surface area contributed by atoms with Crippen LogP contribution in [0.3, 0.4) is 0 Å². The molecule has 2 aromatic carbocycles. The quantitative estimate of drug-likeness (QED) is 0.327. The molecule has 0 radical (unpaired) electrons. The second kappa shape index (κ2) is 8.66. The molecule has 0 aliphatic heterocycles. The molecule has 2 heterocycles. The number of nitrogen functional groups attached to an aromatic ring is 1. The number of aromatic amines is 1. The van der Waals surface area contributed by atoms with Crippen LogP contribution < -0.4 is 16.6 Å². The summed E-state index contributed by atoms with van der Waals surface area (Å²) >= 11 is 1.09. The molecule has 0 atom stereocenters. The fourth-order valence-electron chi connectivity index (χ4n) is 2.82. The third-order valence-electron chi connectivity index (χ3n) is 4.13. The Morgan fingerprint density at radius 1 is 1.07 bits per heavy atom. The minimum absolute atomic E-state index is 0.0486. The highest BCUT2D eigenvalue weighted by atomic mass is 32.2. The summed E-state index contributed by atoms with van der Waals surface area (Å²) in [4.78, 5) is 30.6. The van der Waals surface area contributed by atoms with Gasteiger partial charge >= 0.3 is 0 Å². The van der Waals surface area contributed by atoms with Crippen LogP contribution in [0.5, 0.6) is 0 Å². The van der Waals surface area contributed by atoms with Crippen molar-refractivity contribution in [3.63, 3.8) is 0 Å². The molecule has 8 nitrogen and oxygen atoms in total. The predicted octanol–water partition coefficient (Wildman–Crippen LogP) is 2.94. The van der Waals surface area contributed by atoms with Crippen molar-refractivity contribution in [1.29, 1.82) is 0 Å². The minimum Gasteiger partial charge on any atom is -0.383 e. The van der Waals surface area contributed by atoms with Crippen LogP contribution in [0.4, 0.5) is 11.6 Å². The van der Waals surface area contributed by atoms with Gasteiger partial charge in [-0.1, -0.05) is 60.3 Å². The zero-order chi connectivity index (χ0) is 20.9. The van der Waals surface area contributed by atoms with Gasteiger partial charge in [0.05, 0.1) is 17.1 Å². The van der Waals surface area contributed by atoms with E-state index in [9.17, 15) is 9.59 Å². The number of para-hydroxylation sites is 1. The number of nitrogens with two attached hydrogens (primary N) is 1. The third-order valence-corrected chi connectivity index (χ3v) is 5.00. The van der Waals surface area contributed by atoms with Crippen molar-refractivity contribution >= 4 is 29.3 Å². The first-order valence-electron chi connectivity index (χ1n) is 9.09. The lowest BCUT2D eigenvalue weighted by Crippen LogP contribution is -2.18. The predicted molar refractivity (Wildman–Crippen MR) is 118 cm³/mol. The molecule has 0 saturated carbocycles. The van der Waals surface area contributed by atoms with Crippen molar-refractivity contribution in [2.75, 3.05) is 16.8 Å². The van der Waals surface area contributed by atoms with E-state index in [1.165, 1.54) is 6.07 Å². The van der Waals surface area contributed by atoms with Crippen LogP contribution in [0.25, 0.3) is 16.9 Å². The lowest BCUT2D eigenvalue weighted by atomic mass is 10.2. The zero-order valence-corrected chi connectivity index (χ0v) is 16.6. The molecule has 0 saturated heterocycles. The summed E-state index contributed by atoms with van der Waals surface area (Å²) in [6.45, 7) is 0. The van der Waals surface area contributed by atoms with Crippen LogP contribution in [0.2, 0.25) is 0 Å². The number of anilines is 2.